The Hall–Kier alpha value is -2.29. The Morgan fingerprint density at radius 1 is 1.06 bits per heavy atom. The molecule has 0 aliphatic heterocycles. The van der Waals surface area contributed by atoms with Gasteiger partial charge in [-0.3, -0.25) is 13.9 Å². The number of carbonyl (C=O) groups excluding carboxylic acids is 2. The van der Waals surface area contributed by atoms with Gasteiger partial charge in [-0.2, -0.15) is 0 Å². The number of hydrogen-bond acceptors (Lipinski definition) is 4. The van der Waals surface area contributed by atoms with Gasteiger partial charge in [-0.15, -0.1) is 0 Å². The lowest BCUT2D eigenvalue weighted by Crippen LogP contribution is -2.53. The average Bonchev–Trinajstić information content (AvgIpc) is 2.82. The van der Waals surface area contributed by atoms with Gasteiger partial charge in [-0.25, -0.2) is 8.42 Å². The molecule has 0 aromatic heterocycles. The first kappa shape index (κ1) is 28.3. The van der Waals surface area contributed by atoms with Crippen molar-refractivity contribution in [3.05, 3.63) is 63.6 Å². The van der Waals surface area contributed by atoms with E-state index in [0.29, 0.717) is 5.02 Å². The smallest absolute Gasteiger partial charge is 0.244 e. The predicted molar refractivity (Wildman–Crippen MR) is 145 cm³/mol. The molecule has 0 bridgehead atoms. The zero-order valence-electron chi connectivity index (χ0n) is 20.8. The molecule has 196 valence electrons. The van der Waals surface area contributed by atoms with Crippen molar-refractivity contribution in [3.63, 3.8) is 0 Å². The third-order valence-corrected chi connectivity index (χ3v) is 8.11. The van der Waals surface area contributed by atoms with Gasteiger partial charge in [0.05, 0.1) is 17.0 Å². The Balaban J connectivity index is 1.88. The molecule has 0 radical (unpaired) electrons. The van der Waals surface area contributed by atoms with Crippen molar-refractivity contribution in [1.29, 1.82) is 0 Å². The summed E-state index contributed by atoms with van der Waals surface area (Å²) in [6, 6.07) is 11.3. The molecule has 1 aliphatic carbocycles. The van der Waals surface area contributed by atoms with Crippen LogP contribution in [0.25, 0.3) is 0 Å². The number of hydrogen-bond donors (Lipinski definition) is 1. The summed E-state index contributed by atoms with van der Waals surface area (Å²) in [5, 5.41) is 3.53. The molecule has 2 aromatic rings. The van der Waals surface area contributed by atoms with E-state index in [1.54, 1.807) is 6.92 Å². The van der Waals surface area contributed by atoms with Crippen LogP contribution < -0.4 is 9.62 Å². The maximum atomic E-state index is 13.6. The first-order valence-electron chi connectivity index (χ1n) is 12.0. The normalized spacial score (nSPS) is 15.2. The summed E-state index contributed by atoms with van der Waals surface area (Å²) in [7, 11) is -3.87. The van der Waals surface area contributed by atoms with Gasteiger partial charge in [0.2, 0.25) is 21.8 Å². The van der Waals surface area contributed by atoms with E-state index >= 15 is 0 Å². The molecule has 0 spiro atoms. The van der Waals surface area contributed by atoms with Crippen LogP contribution in [0.5, 0.6) is 0 Å². The van der Waals surface area contributed by atoms with Crippen LogP contribution in [0.4, 0.5) is 5.69 Å². The molecule has 2 amide bonds. The highest BCUT2D eigenvalue weighted by atomic mass is 35.5. The lowest BCUT2D eigenvalue weighted by atomic mass is 9.95. The quantitative estimate of drug-likeness (QED) is 0.476. The van der Waals surface area contributed by atoms with E-state index in [0.717, 1.165) is 53.8 Å². The number of benzene rings is 2. The van der Waals surface area contributed by atoms with E-state index < -0.39 is 28.5 Å². The molecule has 1 N–H and O–H groups in total. The Morgan fingerprint density at radius 2 is 1.69 bits per heavy atom. The summed E-state index contributed by atoms with van der Waals surface area (Å²) in [5.41, 5.74) is 2.05. The van der Waals surface area contributed by atoms with Crippen molar-refractivity contribution in [2.24, 2.45) is 0 Å². The topological polar surface area (TPSA) is 86.8 Å². The molecular formula is C26H33Cl2N3O4S. The number of rotatable bonds is 9. The largest absolute Gasteiger partial charge is 0.352 e. The fourth-order valence-corrected chi connectivity index (χ4v) is 5.74. The molecule has 7 nitrogen and oxygen atoms in total. The zero-order chi connectivity index (χ0) is 26.5. The average molecular weight is 555 g/mol. The highest BCUT2D eigenvalue weighted by molar-refractivity contribution is 7.92. The molecule has 0 unspecified atom stereocenters. The van der Waals surface area contributed by atoms with Gasteiger partial charge in [-0.1, -0.05) is 72.3 Å². The van der Waals surface area contributed by atoms with Crippen LogP contribution in [0.15, 0.2) is 42.5 Å². The zero-order valence-corrected chi connectivity index (χ0v) is 23.2. The number of aryl methyl sites for hydroxylation is 1. The van der Waals surface area contributed by atoms with E-state index in [1.807, 2.05) is 31.2 Å². The molecule has 36 heavy (non-hydrogen) atoms. The number of anilines is 1. The minimum atomic E-state index is -3.87. The molecule has 2 aromatic carbocycles. The van der Waals surface area contributed by atoms with Crippen LogP contribution in [-0.2, 0) is 26.2 Å². The van der Waals surface area contributed by atoms with Gasteiger partial charge in [0.15, 0.2) is 0 Å². The van der Waals surface area contributed by atoms with Crippen molar-refractivity contribution >= 4 is 50.7 Å². The van der Waals surface area contributed by atoms with Gasteiger partial charge in [0.25, 0.3) is 0 Å². The van der Waals surface area contributed by atoms with Crippen LogP contribution in [0, 0.1) is 6.92 Å². The molecule has 1 atom stereocenters. The third kappa shape index (κ3) is 7.60. The number of halogens is 2. The molecule has 1 saturated carbocycles. The van der Waals surface area contributed by atoms with E-state index in [4.69, 9.17) is 23.2 Å². The second kappa shape index (κ2) is 12.3. The minimum Gasteiger partial charge on any atom is -0.352 e. The fourth-order valence-electron chi connectivity index (χ4n) is 4.32. The Morgan fingerprint density at radius 3 is 2.28 bits per heavy atom. The van der Waals surface area contributed by atoms with Crippen LogP contribution in [0.3, 0.4) is 0 Å². The lowest BCUT2D eigenvalue weighted by Gasteiger charge is -2.33. The SMILES string of the molecule is Cc1ccc(CN(C(=O)CN(c2ccc(Cl)cc2Cl)S(C)(=O)=O)[C@@H](C)C(=O)NC2CCCCC2)cc1. The first-order chi connectivity index (χ1) is 17.0. The highest BCUT2D eigenvalue weighted by Crippen LogP contribution is 2.30. The molecule has 0 saturated heterocycles. The van der Waals surface area contributed by atoms with E-state index in [-0.39, 0.29) is 29.2 Å². The predicted octanol–water partition coefficient (Wildman–Crippen LogP) is 4.93. The summed E-state index contributed by atoms with van der Waals surface area (Å²) < 4.78 is 26.3. The fraction of sp³-hybridized carbons (Fsp3) is 0.462. The van der Waals surface area contributed by atoms with Crippen molar-refractivity contribution in [1.82, 2.24) is 10.2 Å². The molecule has 10 heteroatoms. The molecular weight excluding hydrogens is 521 g/mol. The number of sulfonamides is 1. The van der Waals surface area contributed by atoms with E-state index in [1.165, 1.54) is 23.1 Å². The number of amides is 2. The van der Waals surface area contributed by atoms with E-state index in [2.05, 4.69) is 5.32 Å². The Bertz CT molecular complexity index is 1180. The number of nitrogens with zero attached hydrogens (tertiary/aromatic N) is 2. The summed E-state index contributed by atoms with van der Waals surface area (Å²) in [4.78, 5) is 28.2. The summed E-state index contributed by atoms with van der Waals surface area (Å²) in [6.07, 6.45) is 6.14. The van der Waals surface area contributed by atoms with Crippen LogP contribution >= 0.6 is 23.2 Å². The summed E-state index contributed by atoms with van der Waals surface area (Å²) in [5.74, 6) is -0.767. The van der Waals surface area contributed by atoms with Crippen molar-refractivity contribution in [2.75, 3.05) is 17.1 Å². The molecule has 1 aliphatic rings. The van der Waals surface area contributed by atoms with E-state index in [9.17, 15) is 18.0 Å². The van der Waals surface area contributed by atoms with Gasteiger partial charge in [0, 0.05) is 17.6 Å². The third-order valence-electron chi connectivity index (χ3n) is 6.45. The lowest BCUT2D eigenvalue weighted by molar-refractivity contribution is -0.139. The van der Waals surface area contributed by atoms with Crippen molar-refractivity contribution < 1.29 is 18.0 Å². The summed E-state index contributed by atoms with van der Waals surface area (Å²) in [6.45, 7) is 3.29. The van der Waals surface area contributed by atoms with Crippen LogP contribution in [0.2, 0.25) is 10.0 Å². The Labute approximate surface area is 223 Å². The Kier molecular flexibility index (Phi) is 9.66. The molecule has 0 heterocycles. The minimum absolute atomic E-state index is 0.0884. The van der Waals surface area contributed by atoms with Gasteiger partial charge >= 0.3 is 0 Å². The van der Waals surface area contributed by atoms with Gasteiger partial charge in [-0.05, 0) is 50.5 Å². The monoisotopic (exact) mass is 553 g/mol. The van der Waals surface area contributed by atoms with Gasteiger partial charge < -0.3 is 10.2 Å². The second-order valence-corrected chi connectivity index (χ2v) is 12.1. The molecule has 1 fully saturated rings. The standard InChI is InChI=1S/C26H33Cl2N3O4S/c1-18-9-11-20(12-10-18)16-30(19(2)26(33)29-22-7-5-4-6-8-22)25(32)17-31(36(3,34)35)24-14-13-21(27)15-23(24)28/h9-15,19,22H,4-8,16-17H2,1-3H3,(H,29,33)/t19-/m0/s1. The molecule has 3 rings (SSSR count). The highest BCUT2D eigenvalue weighted by Gasteiger charge is 2.31. The van der Waals surface area contributed by atoms with Crippen molar-refractivity contribution in [3.8, 4) is 0 Å². The van der Waals surface area contributed by atoms with Crippen LogP contribution in [-0.4, -0.2) is 50.0 Å². The first-order valence-corrected chi connectivity index (χ1v) is 14.6. The number of nitrogens with one attached hydrogen (secondary N) is 1. The summed E-state index contributed by atoms with van der Waals surface area (Å²) >= 11 is 12.3. The van der Waals surface area contributed by atoms with Crippen LogP contribution in [0.1, 0.15) is 50.2 Å². The maximum absolute atomic E-state index is 13.6. The van der Waals surface area contributed by atoms with Crippen molar-refractivity contribution in [2.45, 2.75) is 64.6 Å². The second-order valence-electron chi connectivity index (χ2n) is 9.39. The number of carbonyl (C=O) groups is 2. The maximum Gasteiger partial charge on any atom is 0.244 e. The van der Waals surface area contributed by atoms with Gasteiger partial charge in [0.1, 0.15) is 12.6 Å².